The van der Waals surface area contributed by atoms with Gasteiger partial charge in [-0.2, -0.15) is 0 Å². The van der Waals surface area contributed by atoms with Crippen molar-refractivity contribution in [1.82, 2.24) is 0 Å². The quantitative estimate of drug-likeness (QED) is 0.155. The maximum absolute atomic E-state index is 2.58. The lowest BCUT2D eigenvalue weighted by atomic mass is 9.33. The van der Waals surface area contributed by atoms with E-state index < -0.39 is 0 Å². The Morgan fingerprint density at radius 3 is 1.49 bits per heavy atom. The van der Waals surface area contributed by atoms with Gasteiger partial charge in [0.15, 0.2) is 0 Å². The van der Waals surface area contributed by atoms with Gasteiger partial charge >= 0.3 is 0 Å². The molecule has 2 aliphatic rings. The molecule has 10 rings (SSSR count). The number of benzene rings is 8. The van der Waals surface area contributed by atoms with Gasteiger partial charge in [0.2, 0.25) is 0 Å². The Balaban J connectivity index is 1.35. The molecule has 2 heterocycles. The monoisotopic (exact) mass is 817 g/mol. The highest BCUT2D eigenvalue weighted by Crippen LogP contribution is 2.50. The molecule has 3 nitrogen and oxygen atoms in total. The highest BCUT2D eigenvalue weighted by atomic mass is 15.2. The molecule has 0 atom stereocenters. The van der Waals surface area contributed by atoms with Gasteiger partial charge in [0.05, 0.1) is 11.4 Å². The fraction of sp³-hybridized carbons (Fsp3) is 0.186. The van der Waals surface area contributed by atoms with Gasteiger partial charge in [-0.1, -0.05) is 145 Å². The largest absolute Gasteiger partial charge is 0.311 e. The van der Waals surface area contributed by atoms with Gasteiger partial charge in [-0.25, -0.2) is 0 Å². The van der Waals surface area contributed by atoms with E-state index in [2.05, 4.69) is 242 Å². The van der Waals surface area contributed by atoms with Crippen LogP contribution in [0.3, 0.4) is 0 Å². The summed E-state index contributed by atoms with van der Waals surface area (Å²) in [7, 11) is 0. The first-order chi connectivity index (χ1) is 30.2. The SMILES string of the molecule is Cc1ccc(-c2cc(C)ccc2N2c3ccc(C)cc3B3c4cc(C)ccc4N(c4ccc(C)cc4)c4cc(N(c5ccc(C(C)(C)C)cc5)c5ccc(C)cc5C)cc2c43)cc1. The molecule has 0 fully saturated rings. The average molecular weight is 818 g/mol. The Morgan fingerprint density at radius 1 is 0.413 bits per heavy atom. The molecule has 63 heavy (non-hydrogen) atoms. The first kappa shape index (κ1) is 40.3. The number of anilines is 9. The zero-order chi connectivity index (χ0) is 43.9. The predicted molar refractivity (Wildman–Crippen MR) is 272 cm³/mol. The molecular formula is C59H56BN3. The molecule has 8 aromatic carbocycles. The number of hydrogen-bond acceptors (Lipinski definition) is 3. The van der Waals surface area contributed by atoms with Gasteiger partial charge in [0.1, 0.15) is 0 Å². The summed E-state index contributed by atoms with van der Waals surface area (Å²) in [5, 5.41) is 0. The second-order valence-corrected chi connectivity index (χ2v) is 19.3. The molecule has 310 valence electrons. The van der Waals surface area contributed by atoms with Crippen molar-refractivity contribution in [3.8, 4) is 11.1 Å². The number of aryl methyl sites for hydroxylation is 7. The Kier molecular flexibility index (Phi) is 9.75. The molecule has 4 heteroatoms. The van der Waals surface area contributed by atoms with Crippen LogP contribution in [0.5, 0.6) is 0 Å². The van der Waals surface area contributed by atoms with E-state index in [1.807, 2.05) is 0 Å². The van der Waals surface area contributed by atoms with Crippen molar-refractivity contribution < 1.29 is 0 Å². The zero-order valence-electron chi connectivity index (χ0n) is 38.4. The molecule has 0 unspecified atom stereocenters. The van der Waals surface area contributed by atoms with Crippen LogP contribution in [0.1, 0.15) is 65.3 Å². The van der Waals surface area contributed by atoms with Crippen molar-refractivity contribution in [2.24, 2.45) is 0 Å². The van der Waals surface area contributed by atoms with Gasteiger partial charge in [-0.15, -0.1) is 0 Å². The van der Waals surface area contributed by atoms with Crippen LogP contribution < -0.4 is 31.1 Å². The Labute approximate surface area is 375 Å². The Bertz CT molecular complexity index is 3060. The minimum Gasteiger partial charge on any atom is -0.311 e. The number of fused-ring (bicyclic) bond motifs is 4. The van der Waals surface area contributed by atoms with E-state index in [0.29, 0.717) is 0 Å². The Hall–Kier alpha value is -6.78. The van der Waals surface area contributed by atoms with E-state index in [-0.39, 0.29) is 12.1 Å². The molecule has 8 aromatic rings. The highest BCUT2D eigenvalue weighted by molar-refractivity contribution is 7.00. The molecule has 0 N–H and O–H groups in total. The van der Waals surface area contributed by atoms with E-state index >= 15 is 0 Å². The lowest BCUT2D eigenvalue weighted by Crippen LogP contribution is -2.61. The smallest absolute Gasteiger partial charge is 0.252 e. The molecule has 2 aliphatic heterocycles. The fourth-order valence-corrected chi connectivity index (χ4v) is 9.99. The van der Waals surface area contributed by atoms with E-state index in [9.17, 15) is 0 Å². The standard InChI is InChI=1S/C59H56BN3/c1-37-11-19-44(20-12-37)49-32-40(4)16-28-53(49)63-55-30-18-42(6)34-51(55)60-50-33-41(5)17-29-54(50)62(47-23-13-38(2)14-24-47)56-35-48(36-57(63)58(56)60)61(52-27-15-39(3)31-43(52)7)46-25-21-45(22-26-46)59(8,9)10/h11-36H,1-10H3. The van der Waals surface area contributed by atoms with Crippen molar-refractivity contribution in [1.29, 1.82) is 0 Å². The van der Waals surface area contributed by atoms with Crippen LogP contribution in [0.2, 0.25) is 0 Å². The lowest BCUT2D eigenvalue weighted by molar-refractivity contribution is 0.590. The summed E-state index contributed by atoms with van der Waals surface area (Å²) in [5.74, 6) is 0. The lowest BCUT2D eigenvalue weighted by Gasteiger charge is -2.45. The molecule has 0 radical (unpaired) electrons. The maximum Gasteiger partial charge on any atom is 0.252 e. The number of rotatable bonds is 6. The van der Waals surface area contributed by atoms with Gasteiger partial charge in [-0.3, -0.25) is 0 Å². The summed E-state index contributed by atoms with van der Waals surface area (Å²) >= 11 is 0. The summed E-state index contributed by atoms with van der Waals surface area (Å²) < 4.78 is 0. The van der Waals surface area contributed by atoms with Crippen molar-refractivity contribution in [3.05, 3.63) is 202 Å². The Morgan fingerprint density at radius 2 is 0.905 bits per heavy atom. The van der Waals surface area contributed by atoms with Crippen LogP contribution >= 0.6 is 0 Å². The average Bonchev–Trinajstić information content (AvgIpc) is 3.25. The van der Waals surface area contributed by atoms with E-state index in [0.717, 1.165) is 28.4 Å². The fourth-order valence-electron chi connectivity index (χ4n) is 9.99. The molecule has 0 amide bonds. The van der Waals surface area contributed by atoms with Crippen molar-refractivity contribution in [2.45, 2.75) is 74.7 Å². The first-order valence-electron chi connectivity index (χ1n) is 22.4. The minimum absolute atomic E-state index is 0.0145. The molecule has 0 saturated carbocycles. The molecule has 0 aliphatic carbocycles. The third-order valence-corrected chi connectivity index (χ3v) is 13.3. The maximum atomic E-state index is 2.58. The van der Waals surface area contributed by atoms with Crippen LogP contribution in [0, 0.1) is 48.5 Å². The van der Waals surface area contributed by atoms with E-state index in [1.54, 1.807) is 0 Å². The second-order valence-electron chi connectivity index (χ2n) is 19.3. The van der Waals surface area contributed by atoms with Gasteiger partial charge in [0, 0.05) is 45.4 Å². The van der Waals surface area contributed by atoms with Crippen LogP contribution in [0.25, 0.3) is 11.1 Å². The summed E-state index contributed by atoms with van der Waals surface area (Å²) in [4.78, 5) is 7.61. The topological polar surface area (TPSA) is 9.72 Å². The van der Waals surface area contributed by atoms with Crippen LogP contribution in [0.4, 0.5) is 51.2 Å². The van der Waals surface area contributed by atoms with Crippen LogP contribution in [-0.2, 0) is 5.41 Å². The highest BCUT2D eigenvalue weighted by Gasteiger charge is 2.44. The molecular weight excluding hydrogens is 761 g/mol. The van der Waals surface area contributed by atoms with Crippen molar-refractivity contribution in [3.63, 3.8) is 0 Å². The van der Waals surface area contributed by atoms with E-state index in [4.69, 9.17) is 0 Å². The molecule has 0 spiro atoms. The van der Waals surface area contributed by atoms with Crippen LogP contribution in [-0.4, -0.2) is 6.71 Å². The molecule has 0 bridgehead atoms. The van der Waals surface area contributed by atoms with Gasteiger partial charge in [0.25, 0.3) is 6.71 Å². The summed E-state index contributed by atoms with van der Waals surface area (Å²) in [5.41, 5.74) is 27.0. The number of hydrogen-bond donors (Lipinski definition) is 0. The summed E-state index contributed by atoms with van der Waals surface area (Å²) in [6.07, 6.45) is 0. The molecule has 0 aromatic heterocycles. The molecule has 0 saturated heterocycles. The van der Waals surface area contributed by atoms with Crippen molar-refractivity contribution >= 4 is 74.3 Å². The minimum atomic E-state index is 0.0145. The first-order valence-corrected chi connectivity index (χ1v) is 22.4. The zero-order valence-corrected chi connectivity index (χ0v) is 38.4. The number of nitrogens with zero attached hydrogens (tertiary/aromatic N) is 3. The van der Waals surface area contributed by atoms with Crippen molar-refractivity contribution in [2.75, 3.05) is 14.7 Å². The van der Waals surface area contributed by atoms with E-state index in [1.165, 1.54) is 94.8 Å². The van der Waals surface area contributed by atoms with Gasteiger partial charge < -0.3 is 14.7 Å². The van der Waals surface area contributed by atoms with Gasteiger partial charge in [-0.05, 0) is 154 Å². The third-order valence-electron chi connectivity index (χ3n) is 13.3. The summed E-state index contributed by atoms with van der Waals surface area (Å²) in [6, 6.07) is 60.3. The van der Waals surface area contributed by atoms with Crippen LogP contribution in [0.15, 0.2) is 158 Å². The second kappa shape index (κ2) is 15.2. The summed E-state index contributed by atoms with van der Waals surface area (Å²) in [6.45, 7) is 22.3. The normalized spacial score (nSPS) is 12.8. The predicted octanol–water partition coefficient (Wildman–Crippen LogP) is 14.4. The third kappa shape index (κ3) is 7.03.